The van der Waals surface area contributed by atoms with Crippen molar-refractivity contribution in [1.82, 2.24) is 4.98 Å². The number of allylic oxidation sites excluding steroid dienone is 2. The van der Waals surface area contributed by atoms with Crippen molar-refractivity contribution in [2.75, 3.05) is 0 Å². The second kappa shape index (κ2) is 3.49. The van der Waals surface area contributed by atoms with E-state index in [4.69, 9.17) is 0 Å². The molecule has 0 aliphatic carbocycles. The highest BCUT2D eigenvalue weighted by atomic mass is 79.9. The minimum absolute atomic E-state index is 0.845. The normalized spacial score (nSPS) is 9.18. The van der Waals surface area contributed by atoms with Crippen LogP contribution >= 0.6 is 15.9 Å². The SMILES string of the molecule is C=CC(=C)c1ccc(Br)cn1. The Morgan fingerprint density at radius 1 is 1.55 bits per heavy atom. The third kappa shape index (κ3) is 2.02. The summed E-state index contributed by atoms with van der Waals surface area (Å²) in [5, 5.41) is 0. The Hall–Kier alpha value is -0.890. The number of aromatic nitrogens is 1. The second-order valence-corrected chi connectivity index (χ2v) is 3.01. The molecule has 0 saturated carbocycles. The van der Waals surface area contributed by atoms with Crippen molar-refractivity contribution in [3.05, 3.63) is 47.7 Å². The predicted molar refractivity (Wildman–Crippen MR) is 51.2 cm³/mol. The average molecular weight is 210 g/mol. The van der Waals surface area contributed by atoms with Crippen LogP contribution in [0.4, 0.5) is 0 Å². The fourth-order valence-electron chi connectivity index (χ4n) is 0.670. The standard InChI is InChI=1S/C9H8BrN/c1-3-7(2)9-5-4-8(10)6-11-9/h3-6H,1-2H2. The number of nitrogens with zero attached hydrogens (tertiary/aromatic N) is 1. The van der Waals surface area contributed by atoms with Gasteiger partial charge >= 0.3 is 0 Å². The first-order chi connectivity index (χ1) is 5.24. The van der Waals surface area contributed by atoms with Gasteiger partial charge in [0.2, 0.25) is 0 Å². The zero-order valence-corrected chi connectivity index (χ0v) is 7.63. The van der Waals surface area contributed by atoms with E-state index in [0.717, 1.165) is 15.7 Å². The zero-order valence-electron chi connectivity index (χ0n) is 6.05. The van der Waals surface area contributed by atoms with E-state index in [9.17, 15) is 0 Å². The molecular weight excluding hydrogens is 202 g/mol. The van der Waals surface area contributed by atoms with Crippen LogP contribution in [0.1, 0.15) is 5.69 Å². The van der Waals surface area contributed by atoms with E-state index in [1.165, 1.54) is 0 Å². The maximum Gasteiger partial charge on any atom is 0.0696 e. The van der Waals surface area contributed by atoms with E-state index in [1.807, 2.05) is 12.1 Å². The fourth-order valence-corrected chi connectivity index (χ4v) is 0.905. The quantitative estimate of drug-likeness (QED) is 0.683. The van der Waals surface area contributed by atoms with Crippen LogP contribution in [0.2, 0.25) is 0 Å². The highest BCUT2D eigenvalue weighted by molar-refractivity contribution is 9.10. The van der Waals surface area contributed by atoms with E-state index in [1.54, 1.807) is 12.3 Å². The van der Waals surface area contributed by atoms with Crippen LogP contribution < -0.4 is 0 Å². The Morgan fingerprint density at radius 3 is 2.73 bits per heavy atom. The van der Waals surface area contributed by atoms with Crippen molar-refractivity contribution in [2.24, 2.45) is 0 Å². The molecule has 0 spiro atoms. The first kappa shape index (κ1) is 8.21. The van der Waals surface area contributed by atoms with Gasteiger partial charge in [0.05, 0.1) is 5.69 Å². The maximum absolute atomic E-state index is 4.13. The van der Waals surface area contributed by atoms with E-state index >= 15 is 0 Å². The van der Waals surface area contributed by atoms with Crippen LogP contribution in [0.25, 0.3) is 5.57 Å². The number of rotatable bonds is 2. The van der Waals surface area contributed by atoms with Gasteiger partial charge in [0, 0.05) is 10.7 Å². The van der Waals surface area contributed by atoms with Crippen LogP contribution in [-0.4, -0.2) is 4.98 Å². The van der Waals surface area contributed by atoms with Gasteiger partial charge in [-0.15, -0.1) is 0 Å². The lowest BCUT2D eigenvalue weighted by atomic mass is 10.2. The molecule has 1 heterocycles. The lowest BCUT2D eigenvalue weighted by Crippen LogP contribution is -1.83. The van der Waals surface area contributed by atoms with Crippen molar-refractivity contribution < 1.29 is 0 Å². The Kier molecular flexibility index (Phi) is 2.60. The molecule has 56 valence electrons. The minimum Gasteiger partial charge on any atom is -0.255 e. The lowest BCUT2D eigenvalue weighted by Gasteiger charge is -1.97. The van der Waals surface area contributed by atoms with Gasteiger partial charge in [0.1, 0.15) is 0 Å². The summed E-state index contributed by atoms with van der Waals surface area (Å²) < 4.78 is 0.970. The van der Waals surface area contributed by atoms with Crippen LogP contribution in [0.3, 0.4) is 0 Å². The topological polar surface area (TPSA) is 12.9 Å². The summed E-state index contributed by atoms with van der Waals surface area (Å²) in [5.74, 6) is 0. The van der Waals surface area contributed by atoms with E-state index in [0.29, 0.717) is 0 Å². The van der Waals surface area contributed by atoms with Crippen LogP contribution in [-0.2, 0) is 0 Å². The number of hydrogen-bond acceptors (Lipinski definition) is 1. The molecule has 0 saturated heterocycles. The number of pyridine rings is 1. The smallest absolute Gasteiger partial charge is 0.0696 e. The molecule has 0 bridgehead atoms. The minimum atomic E-state index is 0.845. The van der Waals surface area contributed by atoms with Crippen molar-refractivity contribution in [2.45, 2.75) is 0 Å². The van der Waals surface area contributed by atoms with Gasteiger partial charge in [-0.3, -0.25) is 4.98 Å². The molecule has 1 aromatic rings. The van der Waals surface area contributed by atoms with Crippen molar-refractivity contribution in [3.8, 4) is 0 Å². The molecule has 1 rings (SSSR count). The molecule has 1 nitrogen and oxygen atoms in total. The Labute approximate surface area is 74.6 Å². The lowest BCUT2D eigenvalue weighted by molar-refractivity contribution is 1.27. The van der Waals surface area contributed by atoms with Gasteiger partial charge in [-0.1, -0.05) is 19.2 Å². The maximum atomic E-state index is 4.13. The van der Waals surface area contributed by atoms with Crippen molar-refractivity contribution in [1.29, 1.82) is 0 Å². The zero-order chi connectivity index (χ0) is 8.27. The summed E-state index contributed by atoms with van der Waals surface area (Å²) in [6.45, 7) is 7.39. The van der Waals surface area contributed by atoms with Gasteiger partial charge in [-0.2, -0.15) is 0 Å². The van der Waals surface area contributed by atoms with Gasteiger partial charge in [0.25, 0.3) is 0 Å². The highest BCUT2D eigenvalue weighted by Gasteiger charge is 1.94. The van der Waals surface area contributed by atoms with Crippen molar-refractivity contribution in [3.63, 3.8) is 0 Å². The molecule has 0 aromatic carbocycles. The first-order valence-electron chi connectivity index (χ1n) is 3.17. The second-order valence-electron chi connectivity index (χ2n) is 2.09. The van der Waals surface area contributed by atoms with E-state index in [2.05, 4.69) is 34.1 Å². The van der Waals surface area contributed by atoms with Crippen LogP contribution in [0.15, 0.2) is 42.0 Å². The molecule has 0 aliphatic rings. The molecule has 0 atom stereocenters. The van der Waals surface area contributed by atoms with Gasteiger partial charge < -0.3 is 0 Å². The Morgan fingerprint density at radius 2 is 2.27 bits per heavy atom. The third-order valence-electron chi connectivity index (χ3n) is 1.30. The predicted octanol–water partition coefficient (Wildman–Crippen LogP) is 3.04. The van der Waals surface area contributed by atoms with Crippen LogP contribution in [0, 0.1) is 0 Å². The fraction of sp³-hybridized carbons (Fsp3) is 0. The molecule has 0 fully saturated rings. The summed E-state index contributed by atoms with van der Waals surface area (Å²) in [7, 11) is 0. The van der Waals surface area contributed by atoms with Gasteiger partial charge in [-0.25, -0.2) is 0 Å². The molecule has 0 unspecified atom stereocenters. The molecule has 2 heteroatoms. The molecule has 1 aromatic heterocycles. The third-order valence-corrected chi connectivity index (χ3v) is 1.77. The molecule has 0 amide bonds. The Bertz CT molecular complexity index is 274. The first-order valence-corrected chi connectivity index (χ1v) is 3.96. The van der Waals surface area contributed by atoms with E-state index < -0.39 is 0 Å². The Balaban J connectivity index is 2.98. The number of hydrogen-bond donors (Lipinski definition) is 0. The molecule has 0 aliphatic heterocycles. The van der Waals surface area contributed by atoms with Gasteiger partial charge in [0.15, 0.2) is 0 Å². The molecule has 0 N–H and O–H groups in total. The highest BCUT2D eigenvalue weighted by Crippen LogP contribution is 2.13. The van der Waals surface area contributed by atoms with E-state index in [-0.39, 0.29) is 0 Å². The summed E-state index contributed by atoms with van der Waals surface area (Å²) in [4.78, 5) is 4.13. The van der Waals surface area contributed by atoms with Crippen LogP contribution in [0.5, 0.6) is 0 Å². The average Bonchev–Trinajstić information content (AvgIpc) is 2.05. The summed E-state index contributed by atoms with van der Waals surface area (Å²) >= 11 is 3.30. The molecular formula is C9H8BrN. The van der Waals surface area contributed by atoms with Crippen molar-refractivity contribution >= 4 is 21.5 Å². The largest absolute Gasteiger partial charge is 0.255 e. The molecule has 11 heavy (non-hydrogen) atoms. The number of halogens is 1. The monoisotopic (exact) mass is 209 g/mol. The summed E-state index contributed by atoms with van der Waals surface area (Å²) in [6, 6.07) is 3.82. The summed E-state index contributed by atoms with van der Waals surface area (Å²) in [5.41, 5.74) is 1.71. The summed E-state index contributed by atoms with van der Waals surface area (Å²) in [6.07, 6.45) is 3.43. The molecule has 0 radical (unpaired) electrons. The van der Waals surface area contributed by atoms with Gasteiger partial charge in [-0.05, 0) is 33.6 Å².